The van der Waals surface area contributed by atoms with Gasteiger partial charge in [0.05, 0.1) is 0 Å². The highest BCUT2D eigenvalue weighted by molar-refractivity contribution is 5.85. The second kappa shape index (κ2) is 10.2. The van der Waals surface area contributed by atoms with Gasteiger partial charge >= 0.3 is 12.1 Å². The molecule has 1 amide bonds. The minimum absolute atomic E-state index is 0. The lowest BCUT2D eigenvalue weighted by Gasteiger charge is -2.36. The largest absolute Gasteiger partial charge is 0.482 e. The monoisotopic (exact) mass is 399 g/mol. The van der Waals surface area contributed by atoms with E-state index in [1.807, 2.05) is 12.1 Å². The maximum Gasteiger partial charge on any atom is 0.410 e. The van der Waals surface area contributed by atoms with E-state index in [0.717, 1.165) is 44.7 Å². The van der Waals surface area contributed by atoms with E-state index < -0.39 is 5.97 Å². The van der Waals surface area contributed by atoms with Crippen molar-refractivity contribution < 1.29 is 24.2 Å². The fourth-order valence-electron chi connectivity index (χ4n) is 3.18. The van der Waals surface area contributed by atoms with Crippen molar-refractivity contribution in [1.29, 1.82) is 0 Å². The average Bonchev–Trinajstić information content (AvgIpc) is 2.68. The molecule has 0 aromatic heterocycles. The van der Waals surface area contributed by atoms with Gasteiger partial charge in [-0.15, -0.1) is 12.4 Å². The van der Waals surface area contributed by atoms with Gasteiger partial charge in [-0.2, -0.15) is 0 Å². The lowest BCUT2D eigenvalue weighted by Crippen LogP contribution is -2.50. The number of amides is 1. The molecule has 9 heteroatoms. The third kappa shape index (κ3) is 6.18. The summed E-state index contributed by atoms with van der Waals surface area (Å²) in [4.78, 5) is 26.8. The first-order valence-electron chi connectivity index (χ1n) is 8.98. The Labute approximate surface area is 164 Å². The number of carbonyl (C=O) groups is 2. The molecule has 0 bridgehead atoms. The standard InChI is InChI=1S/C18H25N3O5.ClH/c22-17(23)13-25-15-3-1-14(2-4-15)20-9-11-21(12-10-20)18(24)26-16-5-7-19-8-6-16;/h1-4,16,19H,5-13H2,(H,22,23);1H. The minimum Gasteiger partial charge on any atom is -0.482 e. The first-order valence-corrected chi connectivity index (χ1v) is 8.98. The fraction of sp³-hybridized carbons (Fsp3) is 0.556. The minimum atomic E-state index is -0.999. The summed E-state index contributed by atoms with van der Waals surface area (Å²) in [6.07, 6.45) is 1.57. The van der Waals surface area contributed by atoms with Crippen LogP contribution in [0.5, 0.6) is 5.75 Å². The Morgan fingerprint density at radius 3 is 2.30 bits per heavy atom. The third-order valence-electron chi connectivity index (χ3n) is 4.66. The number of benzene rings is 1. The number of carbonyl (C=O) groups excluding carboxylic acids is 1. The van der Waals surface area contributed by atoms with Crippen molar-refractivity contribution in [2.75, 3.05) is 50.8 Å². The van der Waals surface area contributed by atoms with E-state index in [0.29, 0.717) is 18.8 Å². The normalized spacial score (nSPS) is 17.8. The van der Waals surface area contributed by atoms with Gasteiger partial charge in [-0.3, -0.25) is 0 Å². The molecule has 2 heterocycles. The molecule has 0 radical (unpaired) electrons. The number of aliphatic carboxylic acids is 1. The molecule has 0 atom stereocenters. The number of rotatable bonds is 5. The second-order valence-electron chi connectivity index (χ2n) is 6.48. The number of carboxylic acids is 1. The molecule has 1 aromatic rings. The molecule has 0 aliphatic carbocycles. The van der Waals surface area contributed by atoms with Crippen molar-refractivity contribution in [2.45, 2.75) is 18.9 Å². The summed E-state index contributed by atoms with van der Waals surface area (Å²) in [5, 5.41) is 11.9. The Balaban J connectivity index is 0.00000261. The number of halogens is 1. The highest BCUT2D eigenvalue weighted by Crippen LogP contribution is 2.21. The van der Waals surface area contributed by atoms with E-state index in [1.54, 1.807) is 17.0 Å². The molecule has 0 unspecified atom stereocenters. The van der Waals surface area contributed by atoms with Gasteiger partial charge in [0.2, 0.25) is 0 Å². The van der Waals surface area contributed by atoms with Crippen LogP contribution in [0.2, 0.25) is 0 Å². The van der Waals surface area contributed by atoms with Crippen LogP contribution in [0.25, 0.3) is 0 Å². The fourth-order valence-corrected chi connectivity index (χ4v) is 3.18. The van der Waals surface area contributed by atoms with E-state index in [9.17, 15) is 9.59 Å². The summed E-state index contributed by atoms with van der Waals surface area (Å²) < 4.78 is 10.7. The molecule has 1 aromatic carbocycles. The third-order valence-corrected chi connectivity index (χ3v) is 4.66. The molecular formula is C18H26ClN3O5. The average molecular weight is 400 g/mol. The summed E-state index contributed by atoms with van der Waals surface area (Å²) in [6.45, 7) is 4.17. The number of nitrogens with zero attached hydrogens (tertiary/aromatic N) is 2. The molecule has 2 aliphatic heterocycles. The van der Waals surface area contributed by atoms with Crippen LogP contribution in [0.1, 0.15) is 12.8 Å². The molecule has 8 nitrogen and oxygen atoms in total. The Hall–Kier alpha value is -2.19. The Morgan fingerprint density at radius 1 is 1.07 bits per heavy atom. The first-order chi connectivity index (χ1) is 12.6. The number of carboxylic acid groups (broad SMARTS) is 1. The Kier molecular flexibility index (Phi) is 7.99. The second-order valence-corrected chi connectivity index (χ2v) is 6.48. The van der Waals surface area contributed by atoms with Gasteiger partial charge in [-0.1, -0.05) is 0 Å². The SMILES string of the molecule is Cl.O=C(O)COc1ccc(N2CCN(C(=O)OC3CCNCC3)CC2)cc1. The molecule has 2 aliphatic rings. The Morgan fingerprint density at radius 2 is 1.70 bits per heavy atom. The van der Waals surface area contributed by atoms with Crippen LogP contribution in [0.4, 0.5) is 10.5 Å². The van der Waals surface area contributed by atoms with Gasteiger partial charge in [0.25, 0.3) is 0 Å². The molecule has 150 valence electrons. The van der Waals surface area contributed by atoms with Crippen molar-refractivity contribution in [1.82, 2.24) is 10.2 Å². The van der Waals surface area contributed by atoms with Crippen molar-refractivity contribution in [3.63, 3.8) is 0 Å². The van der Waals surface area contributed by atoms with Gasteiger partial charge < -0.3 is 29.7 Å². The van der Waals surface area contributed by atoms with E-state index in [-0.39, 0.29) is 31.2 Å². The van der Waals surface area contributed by atoms with Crippen molar-refractivity contribution in [3.8, 4) is 5.75 Å². The predicted molar refractivity (Wildman–Crippen MR) is 103 cm³/mol. The topological polar surface area (TPSA) is 91.3 Å². The predicted octanol–water partition coefficient (Wildman–Crippen LogP) is 1.58. The summed E-state index contributed by atoms with van der Waals surface area (Å²) in [5.74, 6) is -0.470. The maximum absolute atomic E-state index is 12.3. The summed E-state index contributed by atoms with van der Waals surface area (Å²) in [5.41, 5.74) is 1.03. The van der Waals surface area contributed by atoms with E-state index >= 15 is 0 Å². The number of anilines is 1. The highest BCUT2D eigenvalue weighted by atomic mass is 35.5. The lowest BCUT2D eigenvalue weighted by molar-refractivity contribution is -0.139. The van der Waals surface area contributed by atoms with Crippen LogP contribution >= 0.6 is 12.4 Å². The maximum atomic E-state index is 12.3. The van der Waals surface area contributed by atoms with Crippen LogP contribution in [0.15, 0.2) is 24.3 Å². The molecule has 27 heavy (non-hydrogen) atoms. The lowest BCUT2D eigenvalue weighted by atomic mass is 10.1. The number of ether oxygens (including phenoxy) is 2. The molecule has 2 N–H and O–H groups in total. The summed E-state index contributed by atoms with van der Waals surface area (Å²) >= 11 is 0. The Bertz CT molecular complexity index is 614. The molecular weight excluding hydrogens is 374 g/mol. The van der Waals surface area contributed by atoms with Gasteiger partial charge in [-0.25, -0.2) is 9.59 Å². The van der Waals surface area contributed by atoms with E-state index in [4.69, 9.17) is 14.6 Å². The summed E-state index contributed by atoms with van der Waals surface area (Å²) in [6, 6.07) is 7.33. The first kappa shape index (κ1) is 21.1. The number of hydrogen-bond donors (Lipinski definition) is 2. The quantitative estimate of drug-likeness (QED) is 0.776. The summed E-state index contributed by atoms with van der Waals surface area (Å²) in [7, 11) is 0. The van der Waals surface area contributed by atoms with Gasteiger partial charge in [0.15, 0.2) is 6.61 Å². The van der Waals surface area contributed by atoms with Gasteiger partial charge in [0, 0.05) is 31.9 Å². The zero-order valence-corrected chi connectivity index (χ0v) is 16.0. The number of nitrogens with one attached hydrogen (secondary N) is 1. The van der Waals surface area contributed by atoms with Crippen LogP contribution < -0.4 is 15.0 Å². The van der Waals surface area contributed by atoms with Crippen molar-refractivity contribution >= 4 is 30.2 Å². The molecule has 0 spiro atoms. The van der Waals surface area contributed by atoms with Crippen molar-refractivity contribution in [3.05, 3.63) is 24.3 Å². The van der Waals surface area contributed by atoms with Gasteiger partial charge in [-0.05, 0) is 50.2 Å². The molecule has 3 rings (SSSR count). The van der Waals surface area contributed by atoms with E-state index in [2.05, 4.69) is 10.2 Å². The smallest absolute Gasteiger partial charge is 0.410 e. The molecule has 2 saturated heterocycles. The van der Waals surface area contributed by atoms with Crippen molar-refractivity contribution in [2.24, 2.45) is 0 Å². The number of piperazine rings is 1. The van der Waals surface area contributed by atoms with E-state index in [1.165, 1.54) is 0 Å². The van der Waals surface area contributed by atoms with Crippen LogP contribution in [-0.4, -0.2) is 74.0 Å². The highest BCUT2D eigenvalue weighted by Gasteiger charge is 2.25. The van der Waals surface area contributed by atoms with Gasteiger partial charge in [0.1, 0.15) is 11.9 Å². The number of piperidine rings is 1. The molecule has 0 saturated carbocycles. The molecule has 2 fully saturated rings. The van der Waals surface area contributed by atoms with Crippen LogP contribution in [0.3, 0.4) is 0 Å². The van der Waals surface area contributed by atoms with Crippen LogP contribution in [-0.2, 0) is 9.53 Å². The number of hydrogen-bond acceptors (Lipinski definition) is 6. The zero-order chi connectivity index (χ0) is 18.4. The zero-order valence-electron chi connectivity index (χ0n) is 15.1. The van der Waals surface area contributed by atoms with Crippen LogP contribution in [0, 0.1) is 0 Å².